The van der Waals surface area contributed by atoms with Gasteiger partial charge in [-0.25, -0.2) is 0 Å². The summed E-state index contributed by atoms with van der Waals surface area (Å²) >= 11 is 0. The molecule has 0 aromatic heterocycles. The van der Waals surface area contributed by atoms with E-state index in [0.717, 1.165) is 18.9 Å². The summed E-state index contributed by atoms with van der Waals surface area (Å²) in [5.41, 5.74) is 0. The van der Waals surface area contributed by atoms with E-state index in [2.05, 4.69) is 11.8 Å². The van der Waals surface area contributed by atoms with Crippen molar-refractivity contribution in [3.8, 4) is 0 Å². The number of hydrogen-bond donors (Lipinski definition) is 1. The topological polar surface area (TPSA) is 23.5 Å². The van der Waals surface area contributed by atoms with Crippen LogP contribution in [0.5, 0.6) is 0 Å². The zero-order valence-corrected chi connectivity index (χ0v) is 8.58. The summed E-state index contributed by atoms with van der Waals surface area (Å²) in [6.07, 6.45) is 6.23. The fourth-order valence-electron chi connectivity index (χ4n) is 2.48. The molecule has 2 rings (SSSR count). The fourth-order valence-corrected chi connectivity index (χ4v) is 2.48. The minimum absolute atomic E-state index is 0.0429. The number of aliphatic hydroxyl groups excluding tert-OH is 1. The van der Waals surface area contributed by atoms with Crippen LogP contribution in [0.15, 0.2) is 0 Å². The normalized spacial score (nSPS) is 34.4. The van der Waals surface area contributed by atoms with Crippen LogP contribution < -0.4 is 0 Å². The molecule has 0 unspecified atom stereocenters. The van der Waals surface area contributed by atoms with E-state index in [1.807, 2.05) is 0 Å². The molecule has 0 spiro atoms. The fraction of sp³-hybridized carbons (Fsp3) is 1.00. The molecule has 0 heterocycles. The Morgan fingerprint density at radius 2 is 2.00 bits per heavy atom. The SMILES string of the molecule is CCN(CC1CC1)[C@@H]1CCC[C@H]1O. The molecule has 2 heteroatoms. The number of aliphatic hydroxyl groups is 1. The first-order chi connectivity index (χ1) is 6.31. The van der Waals surface area contributed by atoms with Crippen molar-refractivity contribution >= 4 is 0 Å². The molecule has 0 aromatic rings. The van der Waals surface area contributed by atoms with Gasteiger partial charge in [0.15, 0.2) is 0 Å². The van der Waals surface area contributed by atoms with Crippen LogP contribution in [0.3, 0.4) is 0 Å². The van der Waals surface area contributed by atoms with Crippen molar-refractivity contribution < 1.29 is 5.11 Å². The lowest BCUT2D eigenvalue weighted by atomic mass is 10.1. The van der Waals surface area contributed by atoms with Gasteiger partial charge in [-0.05, 0) is 44.6 Å². The first kappa shape index (κ1) is 9.47. The monoisotopic (exact) mass is 183 g/mol. The molecule has 2 atom stereocenters. The van der Waals surface area contributed by atoms with Crippen molar-refractivity contribution in [2.24, 2.45) is 5.92 Å². The highest BCUT2D eigenvalue weighted by molar-refractivity contribution is 4.87. The molecule has 0 saturated heterocycles. The molecule has 0 aliphatic heterocycles. The highest BCUT2D eigenvalue weighted by atomic mass is 16.3. The predicted octanol–water partition coefficient (Wildman–Crippen LogP) is 1.63. The summed E-state index contributed by atoms with van der Waals surface area (Å²) in [5.74, 6) is 0.952. The Hall–Kier alpha value is -0.0800. The summed E-state index contributed by atoms with van der Waals surface area (Å²) < 4.78 is 0. The Balaban J connectivity index is 1.85. The van der Waals surface area contributed by atoms with Crippen LogP contribution in [-0.2, 0) is 0 Å². The maximum Gasteiger partial charge on any atom is 0.0695 e. The van der Waals surface area contributed by atoms with E-state index in [1.54, 1.807) is 0 Å². The van der Waals surface area contributed by atoms with Crippen LogP contribution in [0.2, 0.25) is 0 Å². The Morgan fingerprint density at radius 1 is 1.23 bits per heavy atom. The van der Waals surface area contributed by atoms with E-state index in [-0.39, 0.29) is 6.10 Å². The summed E-state index contributed by atoms with van der Waals surface area (Å²) in [6.45, 7) is 4.56. The second-order valence-electron chi connectivity index (χ2n) is 4.60. The summed E-state index contributed by atoms with van der Waals surface area (Å²) in [7, 11) is 0. The third-order valence-corrected chi connectivity index (χ3v) is 3.51. The van der Waals surface area contributed by atoms with E-state index >= 15 is 0 Å². The van der Waals surface area contributed by atoms with Gasteiger partial charge in [-0.3, -0.25) is 4.90 Å². The summed E-state index contributed by atoms with van der Waals surface area (Å²) in [4.78, 5) is 2.50. The highest BCUT2D eigenvalue weighted by Crippen LogP contribution is 2.32. The zero-order valence-electron chi connectivity index (χ0n) is 8.58. The van der Waals surface area contributed by atoms with Gasteiger partial charge in [0.2, 0.25) is 0 Å². The first-order valence-corrected chi connectivity index (χ1v) is 5.73. The number of likely N-dealkylation sites (N-methyl/N-ethyl adjacent to an activating group) is 1. The summed E-state index contributed by atoms with van der Waals surface area (Å²) in [5, 5.41) is 9.78. The van der Waals surface area contributed by atoms with E-state index in [4.69, 9.17) is 0 Å². The Kier molecular flexibility index (Phi) is 2.89. The molecule has 0 amide bonds. The van der Waals surface area contributed by atoms with E-state index < -0.39 is 0 Å². The van der Waals surface area contributed by atoms with Crippen molar-refractivity contribution in [1.82, 2.24) is 4.90 Å². The van der Waals surface area contributed by atoms with Gasteiger partial charge in [-0.2, -0.15) is 0 Å². The van der Waals surface area contributed by atoms with Crippen LogP contribution in [0.25, 0.3) is 0 Å². The van der Waals surface area contributed by atoms with Crippen LogP contribution in [-0.4, -0.2) is 35.2 Å². The molecule has 13 heavy (non-hydrogen) atoms. The standard InChI is InChI=1S/C11H21NO/c1-2-12(8-9-6-7-9)10-4-3-5-11(10)13/h9-11,13H,2-8H2,1H3/t10-,11-/m1/s1. The minimum Gasteiger partial charge on any atom is -0.391 e. The molecule has 1 N–H and O–H groups in total. The molecule has 2 saturated carbocycles. The second-order valence-corrected chi connectivity index (χ2v) is 4.60. The van der Waals surface area contributed by atoms with Gasteiger partial charge in [-0.15, -0.1) is 0 Å². The molecular formula is C11H21NO. The number of nitrogens with zero attached hydrogens (tertiary/aromatic N) is 1. The molecule has 76 valence electrons. The molecule has 0 radical (unpaired) electrons. The van der Waals surface area contributed by atoms with Gasteiger partial charge >= 0.3 is 0 Å². The van der Waals surface area contributed by atoms with Crippen molar-refractivity contribution in [2.45, 2.75) is 51.2 Å². The van der Waals surface area contributed by atoms with Crippen LogP contribution in [0.1, 0.15) is 39.0 Å². The molecule has 2 aliphatic carbocycles. The lowest BCUT2D eigenvalue weighted by molar-refractivity contribution is 0.0710. The molecule has 0 aromatic carbocycles. The van der Waals surface area contributed by atoms with E-state index in [1.165, 1.54) is 32.2 Å². The van der Waals surface area contributed by atoms with Gasteiger partial charge in [0.25, 0.3) is 0 Å². The zero-order chi connectivity index (χ0) is 9.26. The van der Waals surface area contributed by atoms with Gasteiger partial charge < -0.3 is 5.11 Å². The summed E-state index contributed by atoms with van der Waals surface area (Å²) in [6, 6.07) is 0.477. The third kappa shape index (κ3) is 2.23. The number of rotatable bonds is 4. The molecule has 2 fully saturated rings. The average molecular weight is 183 g/mol. The van der Waals surface area contributed by atoms with Gasteiger partial charge in [0, 0.05) is 12.6 Å². The highest BCUT2D eigenvalue weighted by Gasteiger charge is 2.33. The second kappa shape index (κ2) is 3.97. The number of hydrogen-bond acceptors (Lipinski definition) is 2. The maximum absolute atomic E-state index is 9.78. The average Bonchev–Trinajstić information content (AvgIpc) is 2.85. The third-order valence-electron chi connectivity index (χ3n) is 3.51. The van der Waals surface area contributed by atoms with Crippen molar-refractivity contribution in [3.63, 3.8) is 0 Å². The van der Waals surface area contributed by atoms with Crippen LogP contribution in [0.4, 0.5) is 0 Å². The predicted molar refractivity (Wildman–Crippen MR) is 53.6 cm³/mol. The Bertz CT molecular complexity index is 167. The lowest BCUT2D eigenvalue weighted by Gasteiger charge is -2.29. The first-order valence-electron chi connectivity index (χ1n) is 5.73. The van der Waals surface area contributed by atoms with Crippen molar-refractivity contribution in [3.05, 3.63) is 0 Å². The lowest BCUT2D eigenvalue weighted by Crippen LogP contribution is -2.41. The van der Waals surface area contributed by atoms with Crippen molar-refractivity contribution in [2.75, 3.05) is 13.1 Å². The van der Waals surface area contributed by atoms with E-state index in [9.17, 15) is 5.11 Å². The maximum atomic E-state index is 9.78. The Morgan fingerprint density at radius 3 is 2.46 bits per heavy atom. The van der Waals surface area contributed by atoms with Crippen LogP contribution >= 0.6 is 0 Å². The largest absolute Gasteiger partial charge is 0.391 e. The van der Waals surface area contributed by atoms with Crippen molar-refractivity contribution in [1.29, 1.82) is 0 Å². The molecular weight excluding hydrogens is 162 g/mol. The molecule has 2 nitrogen and oxygen atoms in total. The van der Waals surface area contributed by atoms with Gasteiger partial charge in [-0.1, -0.05) is 6.92 Å². The van der Waals surface area contributed by atoms with Gasteiger partial charge in [0.1, 0.15) is 0 Å². The smallest absolute Gasteiger partial charge is 0.0695 e. The Labute approximate surface area is 80.9 Å². The van der Waals surface area contributed by atoms with E-state index in [0.29, 0.717) is 6.04 Å². The van der Waals surface area contributed by atoms with Gasteiger partial charge in [0.05, 0.1) is 6.10 Å². The quantitative estimate of drug-likeness (QED) is 0.716. The molecule has 2 aliphatic rings. The van der Waals surface area contributed by atoms with Crippen LogP contribution in [0, 0.1) is 5.92 Å². The molecule has 0 bridgehead atoms. The minimum atomic E-state index is -0.0429.